The summed E-state index contributed by atoms with van der Waals surface area (Å²) in [7, 11) is 0. The second-order valence-electron chi connectivity index (χ2n) is 5.07. The Hall–Kier alpha value is -2.52. The first-order valence-electron chi connectivity index (χ1n) is 6.90. The van der Waals surface area contributed by atoms with Crippen molar-refractivity contribution in [3.8, 4) is 16.9 Å². The van der Waals surface area contributed by atoms with Gasteiger partial charge in [-0.15, -0.1) is 0 Å². The lowest BCUT2D eigenvalue weighted by Gasteiger charge is -2.08. The quantitative estimate of drug-likeness (QED) is 0.553. The Morgan fingerprint density at radius 3 is 2.12 bits per heavy atom. The fraction of sp³-hybridized carbons (Fsp3) is 0.0625. The minimum absolute atomic E-state index is 0.118. The zero-order chi connectivity index (χ0) is 18.2. The van der Waals surface area contributed by atoms with Crippen LogP contribution in [0.4, 0.5) is 17.6 Å². The Kier molecular flexibility index (Phi) is 4.44. The van der Waals surface area contributed by atoms with E-state index in [0.29, 0.717) is 5.56 Å². The molecule has 2 aromatic carbocycles. The van der Waals surface area contributed by atoms with Crippen LogP contribution in [-0.4, -0.2) is 18.5 Å². The highest BCUT2D eigenvalue weighted by molar-refractivity contribution is 7.79. The summed E-state index contributed by atoms with van der Waals surface area (Å²) in [5, 5.41) is 3.58. The molecule has 0 spiro atoms. The average molecular weight is 370 g/mol. The molecule has 4 nitrogen and oxygen atoms in total. The first-order chi connectivity index (χ1) is 11.8. The van der Waals surface area contributed by atoms with Crippen LogP contribution in [0.25, 0.3) is 16.9 Å². The SMILES string of the molecule is O=S(O)c1ccc(-c2cc(C(F)(F)F)nn2-c2ccc(F)cc2)cc1. The molecule has 0 aliphatic carbocycles. The number of halogens is 4. The van der Waals surface area contributed by atoms with Gasteiger partial charge in [-0.2, -0.15) is 18.3 Å². The molecule has 0 bridgehead atoms. The number of hydrogen-bond donors (Lipinski definition) is 1. The third-order valence-electron chi connectivity index (χ3n) is 3.42. The summed E-state index contributed by atoms with van der Waals surface area (Å²) in [5.74, 6) is -0.525. The smallest absolute Gasteiger partial charge is 0.302 e. The first-order valence-corrected chi connectivity index (χ1v) is 8.01. The van der Waals surface area contributed by atoms with Crippen molar-refractivity contribution >= 4 is 11.1 Å². The molecular formula is C16H10F4N2O2S. The van der Waals surface area contributed by atoms with Crippen LogP contribution >= 0.6 is 0 Å². The molecule has 1 N–H and O–H groups in total. The number of alkyl halides is 3. The number of hydrogen-bond acceptors (Lipinski definition) is 2. The van der Waals surface area contributed by atoms with E-state index < -0.39 is 28.8 Å². The zero-order valence-electron chi connectivity index (χ0n) is 12.4. The van der Waals surface area contributed by atoms with Crippen LogP contribution in [0.5, 0.6) is 0 Å². The van der Waals surface area contributed by atoms with Gasteiger partial charge < -0.3 is 4.55 Å². The summed E-state index contributed by atoms with van der Waals surface area (Å²) >= 11 is -2.19. The van der Waals surface area contributed by atoms with Gasteiger partial charge in [0.15, 0.2) is 16.8 Å². The maximum Gasteiger partial charge on any atom is 0.435 e. The molecule has 0 fully saturated rings. The highest BCUT2D eigenvalue weighted by Gasteiger charge is 2.35. The maximum atomic E-state index is 13.1. The molecule has 9 heteroatoms. The monoisotopic (exact) mass is 370 g/mol. The summed E-state index contributed by atoms with van der Waals surface area (Å²) in [4.78, 5) is 0.118. The van der Waals surface area contributed by atoms with Crippen LogP contribution in [0.15, 0.2) is 59.5 Å². The van der Waals surface area contributed by atoms with Crippen molar-refractivity contribution in [3.05, 3.63) is 66.1 Å². The van der Waals surface area contributed by atoms with E-state index in [-0.39, 0.29) is 16.3 Å². The van der Waals surface area contributed by atoms with Crippen molar-refractivity contribution < 1.29 is 26.3 Å². The van der Waals surface area contributed by atoms with Gasteiger partial charge in [0.1, 0.15) is 5.82 Å². The molecule has 3 rings (SSSR count). The minimum atomic E-state index is -4.65. The van der Waals surface area contributed by atoms with E-state index >= 15 is 0 Å². The molecule has 1 aromatic heterocycles. The number of benzene rings is 2. The van der Waals surface area contributed by atoms with Gasteiger partial charge in [-0.25, -0.2) is 13.3 Å². The summed E-state index contributed by atoms with van der Waals surface area (Å²) < 4.78 is 73.3. The van der Waals surface area contributed by atoms with Crippen molar-refractivity contribution in [2.45, 2.75) is 11.1 Å². The van der Waals surface area contributed by atoms with Crippen LogP contribution in [0.2, 0.25) is 0 Å². The maximum absolute atomic E-state index is 13.1. The molecule has 130 valence electrons. The fourth-order valence-electron chi connectivity index (χ4n) is 2.25. The van der Waals surface area contributed by atoms with Crippen LogP contribution < -0.4 is 0 Å². The van der Waals surface area contributed by atoms with E-state index in [9.17, 15) is 21.8 Å². The van der Waals surface area contributed by atoms with Gasteiger partial charge in [-0.05, 0) is 42.5 Å². The van der Waals surface area contributed by atoms with Gasteiger partial charge in [-0.1, -0.05) is 12.1 Å². The normalized spacial score (nSPS) is 13.0. The Bertz CT molecular complexity index is 919. The molecule has 25 heavy (non-hydrogen) atoms. The van der Waals surface area contributed by atoms with Crippen LogP contribution in [-0.2, 0) is 17.3 Å². The van der Waals surface area contributed by atoms with Gasteiger partial charge in [0, 0.05) is 5.56 Å². The molecule has 0 saturated heterocycles. The van der Waals surface area contributed by atoms with Crippen molar-refractivity contribution in [1.29, 1.82) is 0 Å². The molecule has 0 aliphatic rings. The molecule has 3 aromatic rings. The molecule has 0 saturated carbocycles. The van der Waals surface area contributed by atoms with Crippen molar-refractivity contribution in [2.75, 3.05) is 0 Å². The van der Waals surface area contributed by atoms with Gasteiger partial charge in [0.05, 0.1) is 16.3 Å². The predicted molar refractivity (Wildman–Crippen MR) is 83.0 cm³/mol. The van der Waals surface area contributed by atoms with E-state index in [4.69, 9.17) is 4.55 Å². The molecule has 0 aliphatic heterocycles. The van der Waals surface area contributed by atoms with Gasteiger partial charge in [0.2, 0.25) is 0 Å². The molecular weight excluding hydrogens is 360 g/mol. The van der Waals surface area contributed by atoms with Crippen molar-refractivity contribution in [3.63, 3.8) is 0 Å². The lowest BCUT2D eigenvalue weighted by molar-refractivity contribution is -0.141. The molecule has 1 atom stereocenters. The second-order valence-corrected chi connectivity index (χ2v) is 6.04. The fourth-order valence-corrected chi connectivity index (χ4v) is 2.62. The van der Waals surface area contributed by atoms with E-state index in [2.05, 4.69) is 5.10 Å². The van der Waals surface area contributed by atoms with E-state index in [1.807, 2.05) is 0 Å². The topological polar surface area (TPSA) is 55.1 Å². The van der Waals surface area contributed by atoms with Crippen LogP contribution in [0.3, 0.4) is 0 Å². The largest absolute Gasteiger partial charge is 0.435 e. The summed E-state index contributed by atoms with van der Waals surface area (Å²) in [6, 6.07) is 11.2. The Morgan fingerprint density at radius 1 is 1.00 bits per heavy atom. The second kappa shape index (κ2) is 6.41. The number of nitrogens with zero attached hydrogens (tertiary/aromatic N) is 2. The van der Waals surface area contributed by atoms with Crippen molar-refractivity contribution in [2.24, 2.45) is 0 Å². The summed E-state index contributed by atoms with van der Waals surface area (Å²) in [6.07, 6.45) is -4.65. The lowest BCUT2D eigenvalue weighted by Crippen LogP contribution is -2.07. The zero-order valence-corrected chi connectivity index (χ0v) is 13.2. The van der Waals surface area contributed by atoms with E-state index in [0.717, 1.165) is 22.9 Å². The van der Waals surface area contributed by atoms with Crippen LogP contribution in [0.1, 0.15) is 5.69 Å². The summed E-state index contributed by atoms with van der Waals surface area (Å²) in [5.41, 5.74) is -0.362. The predicted octanol–water partition coefficient (Wildman–Crippen LogP) is 4.28. The van der Waals surface area contributed by atoms with E-state index in [1.165, 1.54) is 36.4 Å². The van der Waals surface area contributed by atoms with Crippen molar-refractivity contribution in [1.82, 2.24) is 9.78 Å². The molecule has 1 heterocycles. The standard InChI is InChI=1S/C16H10F4N2O2S/c17-11-3-5-12(6-4-11)22-14(9-15(21-22)16(18,19)20)10-1-7-13(8-2-10)25(23)24/h1-9H,(H,23,24). The highest BCUT2D eigenvalue weighted by Crippen LogP contribution is 2.33. The Balaban J connectivity index is 2.15. The van der Waals surface area contributed by atoms with E-state index in [1.54, 1.807) is 0 Å². The molecule has 0 amide bonds. The molecule has 1 unspecified atom stereocenters. The third kappa shape index (κ3) is 3.62. The first kappa shape index (κ1) is 17.3. The van der Waals surface area contributed by atoms with Gasteiger partial charge in [-0.3, -0.25) is 0 Å². The lowest BCUT2D eigenvalue weighted by atomic mass is 10.1. The number of rotatable bonds is 3. The Morgan fingerprint density at radius 2 is 1.60 bits per heavy atom. The summed E-state index contributed by atoms with van der Waals surface area (Å²) in [6.45, 7) is 0. The van der Waals surface area contributed by atoms with Gasteiger partial charge >= 0.3 is 6.18 Å². The van der Waals surface area contributed by atoms with Gasteiger partial charge in [0.25, 0.3) is 0 Å². The highest BCUT2D eigenvalue weighted by atomic mass is 32.2. The molecule has 0 radical (unpaired) electrons. The number of aromatic nitrogens is 2. The average Bonchev–Trinajstić information content (AvgIpc) is 3.01. The van der Waals surface area contributed by atoms with Crippen LogP contribution in [0, 0.1) is 5.82 Å². The minimum Gasteiger partial charge on any atom is -0.302 e. The Labute approximate surface area is 142 Å². The third-order valence-corrected chi connectivity index (χ3v) is 4.10.